The van der Waals surface area contributed by atoms with Crippen LogP contribution < -0.4 is 15.4 Å². The van der Waals surface area contributed by atoms with Gasteiger partial charge in [0.1, 0.15) is 0 Å². The van der Waals surface area contributed by atoms with Crippen LogP contribution >= 0.6 is 0 Å². The van der Waals surface area contributed by atoms with E-state index in [4.69, 9.17) is 4.74 Å². The maximum atomic E-state index is 13.1. The molecule has 1 amide bonds. The maximum Gasteiger partial charge on any atom is 0.255 e. The van der Waals surface area contributed by atoms with Crippen LogP contribution in [0.4, 0.5) is 17.3 Å². The van der Waals surface area contributed by atoms with Crippen molar-refractivity contribution in [1.82, 2.24) is 24.7 Å². The predicted molar refractivity (Wildman–Crippen MR) is 140 cm³/mol. The first kappa shape index (κ1) is 23.0. The molecular formula is C27H25N7O2. The highest BCUT2D eigenvalue weighted by molar-refractivity contribution is 6.06. The Morgan fingerprint density at radius 2 is 1.94 bits per heavy atom. The Labute approximate surface area is 208 Å². The topological polar surface area (TPSA) is 107 Å². The Balaban J connectivity index is 1.38. The molecule has 3 aromatic heterocycles. The number of nitrogens with zero attached hydrogens (tertiary/aromatic N) is 5. The minimum atomic E-state index is -0.213. The SMILES string of the molecule is CCOc1ccc(-c2cn(C)c3cc(NC(=O)c4ccc(C)c(Nc5nccnn5)c4)ccc23)cn1. The molecule has 180 valence electrons. The van der Waals surface area contributed by atoms with E-state index in [9.17, 15) is 4.79 Å². The van der Waals surface area contributed by atoms with Gasteiger partial charge in [-0.3, -0.25) is 4.79 Å². The number of benzene rings is 2. The summed E-state index contributed by atoms with van der Waals surface area (Å²) in [6, 6.07) is 15.2. The van der Waals surface area contributed by atoms with Crippen molar-refractivity contribution >= 4 is 34.1 Å². The molecule has 3 heterocycles. The van der Waals surface area contributed by atoms with Crippen LogP contribution in [0.5, 0.6) is 5.88 Å². The molecule has 2 aromatic carbocycles. The van der Waals surface area contributed by atoms with Gasteiger partial charge in [0.25, 0.3) is 5.91 Å². The molecule has 0 aliphatic rings. The molecule has 9 heteroatoms. The van der Waals surface area contributed by atoms with Crippen molar-refractivity contribution in [2.75, 3.05) is 17.2 Å². The Bertz CT molecular complexity index is 1530. The number of anilines is 3. The molecule has 0 saturated heterocycles. The van der Waals surface area contributed by atoms with E-state index in [0.717, 1.165) is 33.3 Å². The van der Waals surface area contributed by atoms with Crippen LogP contribution in [0.1, 0.15) is 22.8 Å². The fraction of sp³-hybridized carbons (Fsp3) is 0.148. The third-order valence-electron chi connectivity index (χ3n) is 5.82. The molecular weight excluding hydrogens is 454 g/mol. The Kier molecular flexibility index (Phi) is 6.27. The summed E-state index contributed by atoms with van der Waals surface area (Å²) in [5.41, 5.74) is 5.97. The van der Waals surface area contributed by atoms with E-state index in [-0.39, 0.29) is 5.91 Å². The lowest BCUT2D eigenvalue weighted by atomic mass is 10.1. The Hall–Kier alpha value is -4.79. The highest BCUT2D eigenvalue weighted by Gasteiger charge is 2.13. The monoisotopic (exact) mass is 479 g/mol. The number of amides is 1. The van der Waals surface area contributed by atoms with E-state index in [1.165, 1.54) is 6.20 Å². The molecule has 36 heavy (non-hydrogen) atoms. The second kappa shape index (κ2) is 9.83. The maximum absolute atomic E-state index is 13.1. The summed E-state index contributed by atoms with van der Waals surface area (Å²) >= 11 is 0. The first-order chi connectivity index (χ1) is 17.5. The van der Waals surface area contributed by atoms with Crippen molar-refractivity contribution in [2.45, 2.75) is 13.8 Å². The molecule has 0 aliphatic carbocycles. The van der Waals surface area contributed by atoms with Crippen molar-refractivity contribution in [3.63, 3.8) is 0 Å². The van der Waals surface area contributed by atoms with Crippen molar-refractivity contribution in [3.05, 3.63) is 84.4 Å². The number of aryl methyl sites for hydroxylation is 2. The molecule has 2 N–H and O–H groups in total. The van der Waals surface area contributed by atoms with Gasteiger partial charge in [-0.05, 0) is 49.7 Å². The number of aromatic nitrogens is 5. The Morgan fingerprint density at radius 1 is 1.06 bits per heavy atom. The minimum absolute atomic E-state index is 0.213. The number of fused-ring (bicyclic) bond motifs is 1. The average Bonchev–Trinajstić information content (AvgIpc) is 3.22. The number of hydrogen-bond acceptors (Lipinski definition) is 7. The largest absolute Gasteiger partial charge is 0.478 e. The number of carbonyl (C=O) groups is 1. The Morgan fingerprint density at radius 3 is 2.69 bits per heavy atom. The van der Waals surface area contributed by atoms with Crippen LogP contribution in [0.25, 0.3) is 22.0 Å². The predicted octanol–water partition coefficient (Wildman–Crippen LogP) is 5.13. The molecule has 0 radical (unpaired) electrons. The van der Waals surface area contributed by atoms with Gasteiger partial charge in [-0.25, -0.2) is 9.97 Å². The molecule has 0 aliphatic heterocycles. The van der Waals surface area contributed by atoms with Gasteiger partial charge >= 0.3 is 0 Å². The molecule has 0 atom stereocenters. The number of rotatable bonds is 7. The summed E-state index contributed by atoms with van der Waals surface area (Å²) in [5, 5.41) is 15.0. The van der Waals surface area contributed by atoms with Gasteiger partial charge in [0.15, 0.2) is 0 Å². The van der Waals surface area contributed by atoms with Crippen LogP contribution in [0.3, 0.4) is 0 Å². The van der Waals surface area contributed by atoms with Gasteiger partial charge < -0.3 is 19.9 Å². The third kappa shape index (κ3) is 4.72. The number of nitrogens with one attached hydrogen (secondary N) is 2. The minimum Gasteiger partial charge on any atom is -0.478 e. The number of ether oxygens (including phenoxy) is 1. The summed E-state index contributed by atoms with van der Waals surface area (Å²) in [4.78, 5) is 21.6. The van der Waals surface area contributed by atoms with E-state index in [1.807, 2.05) is 68.1 Å². The number of hydrogen-bond donors (Lipinski definition) is 2. The lowest BCUT2D eigenvalue weighted by Crippen LogP contribution is -2.12. The van der Waals surface area contributed by atoms with E-state index in [0.29, 0.717) is 29.7 Å². The van der Waals surface area contributed by atoms with E-state index in [2.05, 4.69) is 37.0 Å². The molecule has 0 saturated carbocycles. The third-order valence-corrected chi connectivity index (χ3v) is 5.82. The highest BCUT2D eigenvalue weighted by atomic mass is 16.5. The van der Waals surface area contributed by atoms with E-state index >= 15 is 0 Å². The molecule has 9 nitrogen and oxygen atoms in total. The van der Waals surface area contributed by atoms with Crippen LogP contribution in [0.2, 0.25) is 0 Å². The first-order valence-corrected chi connectivity index (χ1v) is 11.5. The number of carbonyl (C=O) groups excluding carboxylic acids is 1. The van der Waals surface area contributed by atoms with Crippen LogP contribution in [-0.4, -0.2) is 37.2 Å². The lowest BCUT2D eigenvalue weighted by Gasteiger charge is -2.11. The van der Waals surface area contributed by atoms with Gasteiger partial charge in [-0.1, -0.05) is 12.1 Å². The van der Waals surface area contributed by atoms with Gasteiger partial charge in [-0.15, -0.1) is 5.10 Å². The average molecular weight is 480 g/mol. The van der Waals surface area contributed by atoms with Crippen molar-refractivity contribution < 1.29 is 9.53 Å². The van der Waals surface area contributed by atoms with Crippen LogP contribution in [-0.2, 0) is 7.05 Å². The van der Waals surface area contributed by atoms with Crippen molar-refractivity contribution in [3.8, 4) is 17.0 Å². The molecule has 5 rings (SSSR count). The fourth-order valence-electron chi connectivity index (χ4n) is 3.99. The molecule has 0 bridgehead atoms. The standard InChI is InChI=1S/C27H25N7O2/c1-4-36-25-10-7-19(15-29-25)22-16-34(3)24-14-20(8-9-21(22)24)31-26(35)18-6-5-17(2)23(13-18)32-27-28-11-12-30-33-27/h5-16H,4H2,1-3H3,(H,31,35)(H,28,32,33). The van der Waals surface area contributed by atoms with Gasteiger partial charge in [0.2, 0.25) is 11.8 Å². The zero-order valence-electron chi connectivity index (χ0n) is 20.2. The summed E-state index contributed by atoms with van der Waals surface area (Å²) in [6.45, 7) is 4.46. The van der Waals surface area contributed by atoms with Crippen molar-refractivity contribution in [1.29, 1.82) is 0 Å². The zero-order chi connectivity index (χ0) is 25.1. The normalized spacial score (nSPS) is 10.9. The quantitative estimate of drug-likeness (QED) is 0.333. The second-order valence-corrected chi connectivity index (χ2v) is 8.28. The number of pyridine rings is 1. The van der Waals surface area contributed by atoms with E-state index < -0.39 is 0 Å². The molecule has 0 fully saturated rings. The van der Waals surface area contributed by atoms with Gasteiger partial charge in [0.05, 0.1) is 24.5 Å². The molecule has 0 spiro atoms. The summed E-state index contributed by atoms with van der Waals surface area (Å²) in [7, 11) is 1.98. The highest BCUT2D eigenvalue weighted by Crippen LogP contribution is 2.32. The molecule has 0 unspecified atom stereocenters. The fourth-order valence-corrected chi connectivity index (χ4v) is 3.99. The van der Waals surface area contributed by atoms with Gasteiger partial charge in [0, 0.05) is 59.0 Å². The summed E-state index contributed by atoms with van der Waals surface area (Å²) < 4.78 is 7.49. The van der Waals surface area contributed by atoms with Crippen LogP contribution in [0.15, 0.2) is 73.3 Å². The first-order valence-electron chi connectivity index (χ1n) is 11.5. The second-order valence-electron chi connectivity index (χ2n) is 8.28. The lowest BCUT2D eigenvalue weighted by molar-refractivity contribution is 0.102. The van der Waals surface area contributed by atoms with Crippen LogP contribution in [0, 0.1) is 6.92 Å². The van der Waals surface area contributed by atoms with E-state index in [1.54, 1.807) is 18.3 Å². The van der Waals surface area contributed by atoms with Gasteiger partial charge in [-0.2, -0.15) is 5.10 Å². The zero-order valence-corrected chi connectivity index (χ0v) is 20.2. The van der Waals surface area contributed by atoms with Crippen molar-refractivity contribution in [2.24, 2.45) is 7.05 Å². The smallest absolute Gasteiger partial charge is 0.255 e. The summed E-state index contributed by atoms with van der Waals surface area (Å²) in [5.74, 6) is 0.759. The summed E-state index contributed by atoms with van der Waals surface area (Å²) in [6.07, 6.45) is 6.93. The molecule has 5 aromatic rings.